The van der Waals surface area contributed by atoms with Crippen LogP contribution >= 0.6 is 0 Å². The van der Waals surface area contributed by atoms with Gasteiger partial charge in [-0.1, -0.05) is 42.5 Å². The number of aromatic nitrogens is 4. The zero-order valence-electron chi connectivity index (χ0n) is 35.4. The molecular formula is C49H34F10N6O4. The lowest BCUT2D eigenvalue weighted by atomic mass is 10.1. The van der Waals surface area contributed by atoms with Gasteiger partial charge in [-0.05, 0) is 84.8 Å². The Hall–Kier alpha value is -8.29. The molecule has 0 aliphatic carbocycles. The van der Waals surface area contributed by atoms with Crippen molar-refractivity contribution >= 4 is 22.5 Å². The van der Waals surface area contributed by atoms with Crippen molar-refractivity contribution in [3.8, 4) is 23.3 Å². The molecule has 10 nitrogen and oxygen atoms in total. The van der Waals surface area contributed by atoms with Crippen LogP contribution in [0.15, 0.2) is 145 Å². The Morgan fingerprint density at radius 3 is 1.77 bits per heavy atom. The minimum Gasteiger partial charge on any atom is -0.438 e. The van der Waals surface area contributed by atoms with Gasteiger partial charge in [-0.2, -0.15) is 31.3 Å². The van der Waals surface area contributed by atoms with Gasteiger partial charge in [0, 0.05) is 54.3 Å². The van der Waals surface area contributed by atoms with Crippen molar-refractivity contribution in [2.45, 2.75) is 38.3 Å². The highest BCUT2D eigenvalue weighted by Crippen LogP contribution is 2.38. The van der Waals surface area contributed by atoms with E-state index in [2.05, 4.69) is 20.3 Å². The molecule has 0 spiro atoms. The summed E-state index contributed by atoms with van der Waals surface area (Å²) < 4.78 is 147. The molecule has 69 heavy (non-hydrogen) atoms. The molecule has 8 rings (SSSR count). The van der Waals surface area contributed by atoms with E-state index in [9.17, 15) is 53.5 Å². The number of hydrogen-bond donors (Lipinski definition) is 2. The van der Waals surface area contributed by atoms with Gasteiger partial charge in [0.05, 0.1) is 23.0 Å². The molecule has 354 valence electrons. The van der Waals surface area contributed by atoms with Gasteiger partial charge >= 0.3 is 12.4 Å². The Balaban J connectivity index is 0.000000211. The standard InChI is InChI=1S/C29H20F5N3O2.C20H14F5N3O2/c30-20-10-9-19(24(31)15-20)17-37-25-12-11-21(39-28-23(29(32,33)34)7-4-14-35-28)16-22(25)27(38)36-26(37)13-8-18-5-2-1-3-6-18;21-12-4-3-11(16(22)8-12)10-28-17-6-5-13(9-14(17)18(26)29)30-19-15(20(23,24)25)2-1-7-27-19/h1-7,9-12,14-16H,8,13,17H2;1-9,28H,10H2,(H2,26,29). The van der Waals surface area contributed by atoms with Crippen LogP contribution in [-0.4, -0.2) is 25.4 Å². The number of hydrogen-bond acceptors (Lipinski definition) is 8. The van der Waals surface area contributed by atoms with Crippen LogP contribution in [-0.2, 0) is 38.3 Å². The summed E-state index contributed by atoms with van der Waals surface area (Å²) >= 11 is 0. The molecule has 0 atom stereocenters. The van der Waals surface area contributed by atoms with Gasteiger partial charge < -0.3 is 25.1 Å². The molecule has 0 fully saturated rings. The van der Waals surface area contributed by atoms with E-state index in [1.807, 2.05) is 30.3 Å². The summed E-state index contributed by atoms with van der Waals surface area (Å²) in [7, 11) is 0. The van der Waals surface area contributed by atoms with Gasteiger partial charge in [-0.15, -0.1) is 0 Å². The summed E-state index contributed by atoms with van der Waals surface area (Å²) in [6, 6.07) is 27.6. The SMILES string of the molecule is NC(=O)c1cc(Oc2ncccc2C(F)(F)F)ccc1NCc1ccc(F)cc1F.O=c1nc(CCc2ccccc2)n(Cc2ccc(F)cc2F)c2ccc(Oc3ncccc3C(F)(F)F)cc12. The molecule has 0 aliphatic heterocycles. The lowest BCUT2D eigenvalue weighted by Crippen LogP contribution is -2.20. The van der Waals surface area contributed by atoms with Crippen LogP contribution in [0, 0.1) is 23.3 Å². The molecule has 0 unspecified atom stereocenters. The van der Waals surface area contributed by atoms with Crippen molar-refractivity contribution in [1.82, 2.24) is 19.5 Å². The van der Waals surface area contributed by atoms with Crippen molar-refractivity contribution in [3.05, 3.63) is 213 Å². The van der Waals surface area contributed by atoms with E-state index in [1.54, 1.807) is 4.57 Å². The molecule has 1 amide bonds. The van der Waals surface area contributed by atoms with E-state index in [1.165, 1.54) is 42.5 Å². The number of halogens is 10. The Labute approximate surface area is 384 Å². The monoisotopic (exact) mass is 960 g/mol. The summed E-state index contributed by atoms with van der Waals surface area (Å²) in [5, 5.41) is 2.84. The number of carbonyl (C=O) groups is 1. The molecule has 0 bridgehead atoms. The van der Waals surface area contributed by atoms with Crippen LogP contribution in [0.3, 0.4) is 0 Å². The first kappa shape index (κ1) is 48.6. The predicted molar refractivity (Wildman–Crippen MR) is 233 cm³/mol. The molecular weight excluding hydrogens is 927 g/mol. The van der Waals surface area contributed by atoms with Crippen molar-refractivity contribution in [2.75, 3.05) is 5.32 Å². The number of amides is 1. The fourth-order valence-electron chi connectivity index (χ4n) is 6.85. The number of fused-ring (bicyclic) bond motifs is 1. The summed E-state index contributed by atoms with van der Waals surface area (Å²) in [5.74, 6) is -5.02. The fraction of sp³-hybridized carbons (Fsp3) is 0.122. The molecule has 0 aliphatic rings. The predicted octanol–water partition coefficient (Wildman–Crippen LogP) is 11.6. The van der Waals surface area contributed by atoms with E-state index < -0.39 is 70.0 Å². The van der Waals surface area contributed by atoms with Crippen molar-refractivity contribution in [2.24, 2.45) is 5.73 Å². The van der Waals surface area contributed by atoms with E-state index in [-0.39, 0.29) is 52.4 Å². The summed E-state index contributed by atoms with van der Waals surface area (Å²) in [6.07, 6.45) is -6.19. The van der Waals surface area contributed by atoms with Gasteiger partial charge in [0.1, 0.15) is 51.7 Å². The van der Waals surface area contributed by atoms with Gasteiger partial charge in [0.15, 0.2) is 0 Å². The number of alkyl halides is 6. The second-order valence-electron chi connectivity index (χ2n) is 14.9. The van der Waals surface area contributed by atoms with Crippen LogP contribution < -0.4 is 26.1 Å². The number of nitrogens with one attached hydrogen (secondary N) is 1. The number of nitrogens with two attached hydrogens (primary N) is 1. The van der Waals surface area contributed by atoms with Crippen LogP contribution in [0.4, 0.5) is 49.6 Å². The second-order valence-corrected chi connectivity index (χ2v) is 14.9. The summed E-state index contributed by atoms with van der Waals surface area (Å²) in [6.45, 7) is -0.149. The molecule has 0 radical (unpaired) electrons. The van der Waals surface area contributed by atoms with Gasteiger partial charge in [0.2, 0.25) is 11.8 Å². The maximum Gasteiger partial charge on any atom is 0.421 e. The van der Waals surface area contributed by atoms with E-state index in [4.69, 9.17) is 15.2 Å². The largest absolute Gasteiger partial charge is 0.438 e. The molecule has 0 saturated heterocycles. The molecule has 3 aromatic heterocycles. The number of anilines is 1. The minimum atomic E-state index is -4.69. The maximum atomic E-state index is 14.6. The average Bonchev–Trinajstić information content (AvgIpc) is 3.30. The Bertz CT molecular complexity index is 3200. The third-order valence-electron chi connectivity index (χ3n) is 10.2. The molecule has 3 heterocycles. The van der Waals surface area contributed by atoms with Crippen molar-refractivity contribution < 1.29 is 58.2 Å². The highest BCUT2D eigenvalue weighted by Gasteiger charge is 2.36. The Kier molecular flexibility index (Phi) is 14.6. The quantitative estimate of drug-likeness (QED) is 0.109. The van der Waals surface area contributed by atoms with Gasteiger partial charge in [-0.25, -0.2) is 27.5 Å². The smallest absolute Gasteiger partial charge is 0.421 e. The zero-order chi connectivity index (χ0) is 49.5. The maximum absolute atomic E-state index is 14.6. The summed E-state index contributed by atoms with van der Waals surface area (Å²) in [4.78, 5) is 36.3. The number of carbonyl (C=O) groups excluding carboxylic acids is 1. The fourth-order valence-corrected chi connectivity index (χ4v) is 6.85. The topological polar surface area (TPSA) is 134 Å². The lowest BCUT2D eigenvalue weighted by Gasteiger charge is -2.18. The Morgan fingerprint density at radius 1 is 0.638 bits per heavy atom. The normalized spacial score (nSPS) is 11.4. The summed E-state index contributed by atoms with van der Waals surface area (Å²) in [5.41, 5.74) is 4.35. The number of nitrogens with zero attached hydrogens (tertiary/aromatic N) is 4. The number of rotatable bonds is 13. The number of aryl methyl sites for hydroxylation is 2. The minimum absolute atomic E-state index is 0.0536. The molecule has 20 heteroatoms. The number of ether oxygens (including phenoxy) is 2. The third kappa shape index (κ3) is 12.2. The van der Waals surface area contributed by atoms with Crippen LogP contribution in [0.1, 0.15) is 44.0 Å². The van der Waals surface area contributed by atoms with Crippen LogP contribution in [0.2, 0.25) is 0 Å². The molecule has 3 N–H and O–H groups in total. The highest BCUT2D eigenvalue weighted by atomic mass is 19.4. The van der Waals surface area contributed by atoms with Gasteiger partial charge in [0.25, 0.3) is 11.5 Å². The average molecular weight is 961 g/mol. The first-order chi connectivity index (χ1) is 32.8. The highest BCUT2D eigenvalue weighted by molar-refractivity contribution is 5.99. The first-order valence-electron chi connectivity index (χ1n) is 20.4. The zero-order valence-corrected chi connectivity index (χ0v) is 35.4. The van der Waals surface area contributed by atoms with Gasteiger partial charge in [-0.3, -0.25) is 9.59 Å². The third-order valence-corrected chi connectivity index (χ3v) is 10.2. The number of primary amides is 1. The van der Waals surface area contributed by atoms with Crippen LogP contribution in [0.25, 0.3) is 10.9 Å². The second kappa shape index (κ2) is 20.7. The Morgan fingerprint density at radius 2 is 1.20 bits per heavy atom. The van der Waals surface area contributed by atoms with Crippen molar-refractivity contribution in [3.63, 3.8) is 0 Å². The molecule has 8 aromatic rings. The van der Waals surface area contributed by atoms with Crippen LogP contribution in [0.5, 0.6) is 23.3 Å². The first-order valence-corrected chi connectivity index (χ1v) is 20.4. The lowest BCUT2D eigenvalue weighted by molar-refractivity contribution is -0.139. The molecule has 5 aromatic carbocycles. The van der Waals surface area contributed by atoms with E-state index >= 15 is 0 Å². The number of pyridine rings is 2. The van der Waals surface area contributed by atoms with E-state index in [0.717, 1.165) is 66.5 Å². The van der Waals surface area contributed by atoms with Crippen molar-refractivity contribution in [1.29, 1.82) is 0 Å². The number of benzene rings is 5. The molecule has 0 saturated carbocycles. The van der Waals surface area contributed by atoms with E-state index in [0.29, 0.717) is 30.2 Å².